The number of benzene rings is 1. The zero-order valence-electron chi connectivity index (χ0n) is 8.44. The maximum absolute atomic E-state index is 9.28. The van der Waals surface area contributed by atoms with Gasteiger partial charge in [0.25, 0.3) is 0 Å². The maximum Gasteiger partial charge on any atom is 0.213 e. The molecule has 1 aromatic carbocycles. The molecule has 80 valence electrons. The molecule has 0 aliphatic carbocycles. The van der Waals surface area contributed by atoms with E-state index in [0.717, 1.165) is 6.42 Å². The van der Waals surface area contributed by atoms with Gasteiger partial charge < -0.3 is 5.73 Å². The molecule has 15 heavy (non-hydrogen) atoms. The smallest absolute Gasteiger partial charge is 0.213 e. The van der Waals surface area contributed by atoms with E-state index in [4.69, 9.17) is 5.41 Å². The van der Waals surface area contributed by atoms with Crippen molar-refractivity contribution in [2.45, 2.75) is 6.42 Å². The monoisotopic (exact) mass is 205 g/mol. The molecule has 0 unspecified atom stereocenters. The number of hydrogen-bond donors (Lipinski definition) is 3. The Morgan fingerprint density at radius 1 is 1.47 bits per heavy atom. The van der Waals surface area contributed by atoms with Crippen LogP contribution in [0.5, 0.6) is 0 Å². The highest BCUT2D eigenvalue weighted by Crippen LogP contribution is 1.98. The van der Waals surface area contributed by atoms with Gasteiger partial charge in [-0.25, -0.2) is 0 Å². The van der Waals surface area contributed by atoms with E-state index in [1.54, 1.807) is 0 Å². The first-order valence-corrected chi connectivity index (χ1v) is 4.39. The molecule has 0 aliphatic heterocycles. The molecule has 4 N–H and O–H groups in total. The van der Waals surface area contributed by atoms with E-state index in [2.05, 4.69) is 24.4 Å². The van der Waals surface area contributed by atoms with Gasteiger partial charge in [0.2, 0.25) is 6.41 Å². The third-order valence-electron chi connectivity index (χ3n) is 1.44. The number of carbonyl (C=O) groups excluding carboxylic acids is 1. The summed E-state index contributed by atoms with van der Waals surface area (Å²) in [6.45, 7) is 3.66. The van der Waals surface area contributed by atoms with Crippen LogP contribution >= 0.6 is 0 Å². The first-order chi connectivity index (χ1) is 7.20. The molecule has 0 bridgehead atoms. The summed E-state index contributed by atoms with van der Waals surface area (Å²) < 4.78 is 0. The lowest BCUT2D eigenvalue weighted by molar-refractivity contribution is -0.108. The van der Waals surface area contributed by atoms with Gasteiger partial charge in [0, 0.05) is 0 Å². The molecule has 0 atom stereocenters. The van der Waals surface area contributed by atoms with Crippen molar-refractivity contribution in [3.05, 3.63) is 48.6 Å². The predicted octanol–water partition coefficient (Wildman–Crippen LogP) is 1.04. The van der Waals surface area contributed by atoms with Crippen molar-refractivity contribution in [2.24, 2.45) is 5.73 Å². The average molecular weight is 205 g/mol. The molecular formula is C11H15N3O. The molecule has 0 heterocycles. The van der Waals surface area contributed by atoms with Crippen LogP contribution in [-0.2, 0) is 11.2 Å². The third-order valence-corrected chi connectivity index (χ3v) is 1.44. The van der Waals surface area contributed by atoms with Crippen LogP contribution < -0.4 is 11.1 Å². The second-order valence-electron chi connectivity index (χ2n) is 2.65. The molecule has 0 aliphatic rings. The van der Waals surface area contributed by atoms with Gasteiger partial charge in [-0.2, -0.15) is 0 Å². The zero-order chi connectivity index (χ0) is 11.5. The van der Waals surface area contributed by atoms with Crippen molar-refractivity contribution in [3.63, 3.8) is 0 Å². The average Bonchev–Trinajstić information content (AvgIpc) is 2.20. The topological polar surface area (TPSA) is 79.0 Å². The molecule has 0 saturated heterocycles. The normalized spacial score (nSPS) is 8.00. The van der Waals surface area contributed by atoms with Gasteiger partial charge in [0.05, 0.1) is 0 Å². The van der Waals surface area contributed by atoms with Crippen LogP contribution in [0.2, 0.25) is 0 Å². The van der Waals surface area contributed by atoms with Gasteiger partial charge in [-0.1, -0.05) is 36.4 Å². The summed E-state index contributed by atoms with van der Waals surface area (Å²) in [6, 6.07) is 10.3. The summed E-state index contributed by atoms with van der Waals surface area (Å²) in [5, 5.41) is 8.22. The highest BCUT2D eigenvalue weighted by Gasteiger charge is 1.82. The van der Waals surface area contributed by atoms with E-state index in [-0.39, 0.29) is 5.96 Å². The number of nitrogens with one attached hydrogen (secondary N) is 2. The number of allylic oxidation sites excluding steroid dienone is 1. The molecule has 0 saturated carbocycles. The minimum atomic E-state index is -0.329. The predicted molar refractivity (Wildman–Crippen MR) is 61.5 cm³/mol. The first-order valence-electron chi connectivity index (χ1n) is 4.39. The maximum atomic E-state index is 9.28. The van der Waals surface area contributed by atoms with E-state index in [1.807, 2.05) is 29.6 Å². The Kier molecular flexibility index (Phi) is 7.31. The van der Waals surface area contributed by atoms with Crippen molar-refractivity contribution in [1.82, 2.24) is 5.32 Å². The van der Waals surface area contributed by atoms with Gasteiger partial charge in [-0.05, 0) is 12.0 Å². The van der Waals surface area contributed by atoms with E-state index in [9.17, 15) is 4.79 Å². The summed E-state index contributed by atoms with van der Waals surface area (Å²) in [5.41, 5.74) is 5.97. The Balaban J connectivity index is 0.000000288. The van der Waals surface area contributed by atoms with Gasteiger partial charge in [0.15, 0.2) is 5.96 Å². The molecule has 0 radical (unpaired) electrons. The standard InChI is InChI=1S/C9H10.C2H5N3O/c1-2-6-9-7-4-3-5-8-9;3-2(4)5-1-6/h2-5,7-8H,1,6H2;1H,(H4,3,4,5,6). The van der Waals surface area contributed by atoms with Gasteiger partial charge in [-0.3, -0.25) is 15.5 Å². The first kappa shape index (κ1) is 12.9. The third kappa shape index (κ3) is 8.24. The molecule has 4 heteroatoms. The summed E-state index contributed by atoms with van der Waals surface area (Å²) in [6.07, 6.45) is 3.23. The lowest BCUT2D eigenvalue weighted by atomic mass is 10.2. The number of nitrogens with two attached hydrogens (primary N) is 1. The van der Waals surface area contributed by atoms with Crippen molar-refractivity contribution in [1.29, 1.82) is 5.41 Å². The van der Waals surface area contributed by atoms with Crippen molar-refractivity contribution >= 4 is 12.4 Å². The van der Waals surface area contributed by atoms with E-state index >= 15 is 0 Å². The number of rotatable bonds is 3. The molecular weight excluding hydrogens is 190 g/mol. The van der Waals surface area contributed by atoms with Crippen LogP contribution in [0.25, 0.3) is 0 Å². The molecule has 0 spiro atoms. The Morgan fingerprint density at radius 3 is 2.40 bits per heavy atom. The van der Waals surface area contributed by atoms with Crippen LogP contribution in [-0.4, -0.2) is 12.4 Å². The van der Waals surface area contributed by atoms with Crippen LogP contribution in [0.3, 0.4) is 0 Å². The summed E-state index contributed by atoms with van der Waals surface area (Å²) >= 11 is 0. The Bertz CT molecular complexity index is 309. The van der Waals surface area contributed by atoms with Crippen LogP contribution in [0, 0.1) is 5.41 Å². The molecule has 1 aromatic rings. The Labute approximate surface area is 89.3 Å². The zero-order valence-corrected chi connectivity index (χ0v) is 8.44. The Hall–Kier alpha value is -2.10. The highest BCUT2D eigenvalue weighted by molar-refractivity contribution is 5.84. The lowest BCUT2D eigenvalue weighted by Crippen LogP contribution is -2.28. The summed E-state index contributed by atoms with van der Waals surface area (Å²) in [4.78, 5) is 9.28. The number of carbonyl (C=O) groups is 1. The second kappa shape index (κ2) is 8.50. The van der Waals surface area contributed by atoms with Gasteiger partial charge in [-0.15, -0.1) is 6.58 Å². The van der Waals surface area contributed by atoms with Crippen LogP contribution in [0.1, 0.15) is 5.56 Å². The minimum Gasteiger partial charge on any atom is -0.370 e. The molecule has 0 fully saturated rings. The van der Waals surface area contributed by atoms with E-state index in [1.165, 1.54) is 5.56 Å². The highest BCUT2D eigenvalue weighted by atomic mass is 16.1. The van der Waals surface area contributed by atoms with Crippen molar-refractivity contribution in [3.8, 4) is 0 Å². The summed E-state index contributed by atoms with van der Waals surface area (Å²) in [5.74, 6) is -0.329. The molecule has 1 amide bonds. The fourth-order valence-electron chi connectivity index (χ4n) is 0.844. The number of amides is 1. The van der Waals surface area contributed by atoms with E-state index < -0.39 is 0 Å². The minimum absolute atomic E-state index is 0.329. The van der Waals surface area contributed by atoms with Crippen molar-refractivity contribution in [2.75, 3.05) is 0 Å². The largest absolute Gasteiger partial charge is 0.370 e. The second-order valence-corrected chi connectivity index (χ2v) is 2.65. The van der Waals surface area contributed by atoms with Crippen molar-refractivity contribution < 1.29 is 4.79 Å². The van der Waals surface area contributed by atoms with Crippen LogP contribution in [0.15, 0.2) is 43.0 Å². The molecule has 4 nitrogen and oxygen atoms in total. The molecule has 1 rings (SSSR count). The fourth-order valence-corrected chi connectivity index (χ4v) is 0.844. The number of guanidine groups is 1. The van der Waals surface area contributed by atoms with E-state index in [0.29, 0.717) is 6.41 Å². The molecule has 0 aromatic heterocycles. The lowest BCUT2D eigenvalue weighted by Gasteiger charge is -1.91. The fraction of sp³-hybridized carbons (Fsp3) is 0.0909. The summed E-state index contributed by atoms with van der Waals surface area (Å²) in [7, 11) is 0. The van der Waals surface area contributed by atoms with Gasteiger partial charge in [0.1, 0.15) is 0 Å². The van der Waals surface area contributed by atoms with Crippen LogP contribution in [0.4, 0.5) is 0 Å². The quantitative estimate of drug-likeness (QED) is 0.298. The Morgan fingerprint density at radius 2 is 2.07 bits per heavy atom. The van der Waals surface area contributed by atoms with Gasteiger partial charge >= 0.3 is 0 Å². The SMILES string of the molecule is C=CCc1ccccc1.N=C(N)NC=O. The number of hydrogen-bond acceptors (Lipinski definition) is 2.